The Hall–Kier alpha value is -1.02. The number of hydrogen-bond donors (Lipinski definition) is 1. The molecule has 2 N–H and O–H groups in total. The molecule has 0 saturated heterocycles. The van der Waals surface area contributed by atoms with Gasteiger partial charge >= 0.3 is 0 Å². The minimum atomic E-state index is 0.543. The second-order valence-electron chi connectivity index (χ2n) is 5.43. The summed E-state index contributed by atoms with van der Waals surface area (Å²) in [5.74, 6) is 6.26. The van der Waals surface area contributed by atoms with Crippen LogP contribution in [0.15, 0.2) is 24.3 Å². The molecule has 0 aromatic heterocycles. The quantitative estimate of drug-likeness (QED) is 0.606. The molecule has 1 aliphatic heterocycles. The molecule has 0 unspecified atom stereocenters. The lowest BCUT2D eigenvalue weighted by molar-refractivity contribution is 0.472. The Morgan fingerprint density at radius 3 is 2.78 bits per heavy atom. The molecule has 0 fully saturated rings. The number of aryl methyl sites for hydroxylation is 1. The summed E-state index contributed by atoms with van der Waals surface area (Å²) < 4.78 is 0. The van der Waals surface area contributed by atoms with Crippen LogP contribution in [0.25, 0.3) is 0 Å². The van der Waals surface area contributed by atoms with Gasteiger partial charge in [0, 0.05) is 6.04 Å². The van der Waals surface area contributed by atoms with Gasteiger partial charge < -0.3 is 5.01 Å². The van der Waals surface area contributed by atoms with Crippen LogP contribution in [0.3, 0.4) is 0 Å². The van der Waals surface area contributed by atoms with Crippen molar-refractivity contribution in [3.63, 3.8) is 0 Å². The molecule has 0 bridgehead atoms. The molecule has 1 heterocycles. The van der Waals surface area contributed by atoms with E-state index in [1.165, 1.54) is 62.6 Å². The Labute approximate surface area is 111 Å². The predicted octanol–water partition coefficient (Wildman–Crippen LogP) is 4.04. The third-order valence-corrected chi connectivity index (χ3v) is 4.05. The van der Waals surface area contributed by atoms with Crippen LogP contribution in [0, 0.1) is 0 Å². The molecule has 2 nitrogen and oxygen atoms in total. The fourth-order valence-corrected chi connectivity index (χ4v) is 2.90. The van der Waals surface area contributed by atoms with Gasteiger partial charge in [-0.25, -0.2) is 5.84 Å². The Balaban J connectivity index is 1.82. The van der Waals surface area contributed by atoms with E-state index in [1.54, 1.807) is 0 Å². The van der Waals surface area contributed by atoms with Crippen LogP contribution in [-0.4, -0.2) is 6.04 Å². The average Bonchev–Trinajstić information content (AvgIpc) is 2.41. The first-order valence-corrected chi connectivity index (χ1v) is 7.44. The van der Waals surface area contributed by atoms with Crippen molar-refractivity contribution < 1.29 is 0 Å². The van der Waals surface area contributed by atoms with E-state index in [4.69, 9.17) is 5.84 Å². The van der Waals surface area contributed by atoms with Crippen molar-refractivity contribution in [2.75, 3.05) is 5.01 Å². The lowest BCUT2D eigenvalue weighted by atomic mass is 9.94. The molecule has 2 heteroatoms. The molecular formula is C16H26N2. The first-order chi connectivity index (χ1) is 8.83. The predicted molar refractivity (Wildman–Crippen MR) is 78.6 cm³/mol. The highest BCUT2D eigenvalue weighted by Crippen LogP contribution is 2.29. The molecule has 18 heavy (non-hydrogen) atoms. The Kier molecular flexibility index (Phi) is 5.06. The van der Waals surface area contributed by atoms with Crippen molar-refractivity contribution in [2.45, 2.75) is 64.3 Å². The second kappa shape index (κ2) is 6.79. The molecule has 0 saturated carbocycles. The average molecular weight is 246 g/mol. The summed E-state index contributed by atoms with van der Waals surface area (Å²) in [6.07, 6.45) is 10.4. The number of unbranched alkanes of at least 4 members (excludes halogenated alkanes) is 4. The molecule has 100 valence electrons. The van der Waals surface area contributed by atoms with E-state index in [1.807, 2.05) is 5.01 Å². The van der Waals surface area contributed by atoms with Crippen molar-refractivity contribution in [2.24, 2.45) is 5.84 Å². The minimum absolute atomic E-state index is 0.543. The summed E-state index contributed by atoms with van der Waals surface area (Å²) >= 11 is 0. The van der Waals surface area contributed by atoms with Crippen molar-refractivity contribution in [3.05, 3.63) is 29.8 Å². The molecule has 0 aliphatic carbocycles. The lowest BCUT2D eigenvalue weighted by Gasteiger charge is -2.35. The summed E-state index contributed by atoms with van der Waals surface area (Å²) in [5, 5.41) is 2.01. The number of nitrogens with zero attached hydrogens (tertiary/aromatic N) is 1. The molecular weight excluding hydrogens is 220 g/mol. The van der Waals surface area contributed by atoms with Gasteiger partial charge in [-0.2, -0.15) is 0 Å². The van der Waals surface area contributed by atoms with Gasteiger partial charge in [-0.1, -0.05) is 57.2 Å². The smallest absolute Gasteiger partial charge is 0.0552 e. The van der Waals surface area contributed by atoms with Crippen molar-refractivity contribution in [1.82, 2.24) is 0 Å². The van der Waals surface area contributed by atoms with E-state index < -0.39 is 0 Å². The van der Waals surface area contributed by atoms with Crippen LogP contribution >= 0.6 is 0 Å². The maximum absolute atomic E-state index is 6.26. The van der Waals surface area contributed by atoms with Crippen LogP contribution < -0.4 is 10.9 Å². The van der Waals surface area contributed by atoms with Crippen LogP contribution in [0.5, 0.6) is 0 Å². The first-order valence-electron chi connectivity index (χ1n) is 7.44. The van der Waals surface area contributed by atoms with Gasteiger partial charge in [-0.05, 0) is 30.9 Å². The number of nitrogens with two attached hydrogens (primary N) is 1. The summed E-state index contributed by atoms with van der Waals surface area (Å²) in [7, 11) is 0. The number of anilines is 1. The molecule has 1 aromatic carbocycles. The van der Waals surface area contributed by atoms with Crippen LogP contribution in [0.4, 0.5) is 5.69 Å². The number of hydrogen-bond acceptors (Lipinski definition) is 2. The van der Waals surface area contributed by atoms with E-state index in [0.717, 1.165) is 0 Å². The van der Waals surface area contributed by atoms with Gasteiger partial charge in [0.25, 0.3) is 0 Å². The minimum Gasteiger partial charge on any atom is -0.308 e. The Morgan fingerprint density at radius 1 is 1.17 bits per heavy atom. The van der Waals surface area contributed by atoms with Crippen LogP contribution in [0.2, 0.25) is 0 Å². The lowest BCUT2D eigenvalue weighted by Crippen LogP contribution is -2.44. The maximum atomic E-state index is 6.26. The van der Waals surface area contributed by atoms with Gasteiger partial charge in [0.15, 0.2) is 0 Å². The van der Waals surface area contributed by atoms with Crippen molar-refractivity contribution in [1.29, 1.82) is 0 Å². The highest BCUT2D eigenvalue weighted by atomic mass is 15.4. The second-order valence-corrected chi connectivity index (χ2v) is 5.43. The number of benzene rings is 1. The molecule has 0 radical (unpaired) electrons. The third kappa shape index (κ3) is 3.26. The molecule has 2 rings (SSSR count). The zero-order valence-electron chi connectivity index (χ0n) is 11.6. The van der Waals surface area contributed by atoms with E-state index in [0.29, 0.717) is 6.04 Å². The summed E-state index contributed by atoms with van der Waals surface area (Å²) in [6, 6.07) is 9.09. The summed E-state index contributed by atoms with van der Waals surface area (Å²) in [4.78, 5) is 0. The first kappa shape index (κ1) is 13.4. The topological polar surface area (TPSA) is 29.3 Å². The number of fused-ring (bicyclic) bond motifs is 1. The Morgan fingerprint density at radius 2 is 1.94 bits per heavy atom. The number of para-hydroxylation sites is 1. The van der Waals surface area contributed by atoms with E-state index in [-0.39, 0.29) is 0 Å². The van der Waals surface area contributed by atoms with Gasteiger partial charge in [0.1, 0.15) is 0 Å². The maximum Gasteiger partial charge on any atom is 0.0552 e. The van der Waals surface area contributed by atoms with Crippen LogP contribution in [-0.2, 0) is 6.42 Å². The van der Waals surface area contributed by atoms with E-state index in [9.17, 15) is 0 Å². The zero-order chi connectivity index (χ0) is 12.8. The highest BCUT2D eigenvalue weighted by Gasteiger charge is 2.22. The van der Waals surface area contributed by atoms with Crippen molar-refractivity contribution >= 4 is 5.69 Å². The number of rotatable bonds is 6. The van der Waals surface area contributed by atoms with Crippen molar-refractivity contribution in [3.8, 4) is 0 Å². The third-order valence-electron chi connectivity index (χ3n) is 4.05. The van der Waals surface area contributed by atoms with E-state index >= 15 is 0 Å². The SMILES string of the molecule is CCCCCCC[C@@H]1CCc2ccccc2N1N. The van der Waals surface area contributed by atoms with Gasteiger partial charge in [-0.15, -0.1) is 0 Å². The summed E-state index contributed by atoms with van der Waals surface area (Å²) in [6.45, 7) is 2.26. The normalized spacial score (nSPS) is 18.8. The fourth-order valence-electron chi connectivity index (χ4n) is 2.90. The zero-order valence-corrected chi connectivity index (χ0v) is 11.6. The largest absolute Gasteiger partial charge is 0.308 e. The van der Waals surface area contributed by atoms with E-state index in [2.05, 4.69) is 31.2 Å². The molecule has 1 atom stereocenters. The standard InChI is InChI=1S/C16H26N2/c1-2-3-4-5-6-10-15-13-12-14-9-7-8-11-16(14)18(15)17/h7-9,11,15H,2-6,10,12-13,17H2,1H3/t15-/m1/s1. The van der Waals surface area contributed by atoms with Gasteiger partial charge in [0.2, 0.25) is 0 Å². The molecule has 0 spiro atoms. The van der Waals surface area contributed by atoms with Gasteiger partial charge in [-0.3, -0.25) is 0 Å². The summed E-state index contributed by atoms with van der Waals surface area (Å²) in [5.41, 5.74) is 2.64. The molecule has 0 amide bonds. The fraction of sp³-hybridized carbons (Fsp3) is 0.625. The van der Waals surface area contributed by atoms with Gasteiger partial charge in [0.05, 0.1) is 5.69 Å². The molecule has 1 aromatic rings. The number of hydrazine groups is 1. The highest BCUT2D eigenvalue weighted by molar-refractivity contribution is 5.55. The Bertz CT molecular complexity index is 362. The van der Waals surface area contributed by atoms with Crippen LogP contribution in [0.1, 0.15) is 57.4 Å². The molecule has 1 aliphatic rings. The monoisotopic (exact) mass is 246 g/mol.